The molecule has 1 saturated carbocycles. The first-order valence-corrected chi connectivity index (χ1v) is 7.71. The van der Waals surface area contributed by atoms with E-state index in [-0.39, 0.29) is 23.3 Å². The zero-order valence-corrected chi connectivity index (χ0v) is 12.9. The molecule has 0 aliphatic heterocycles. The SMILES string of the molecule is N#CC1C[CH]CCC1n1cc(C(N)=O)c(Nc2ccc(F)cc2)n1. The maximum Gasteiger partial charge on any atom is 0.254 e. The Kier molecular flexibility index (Phi) is 4.47. The summed E-state index contributed by atoms with van der Waals surface area (Å²) < 4.78 is 14.7. The van der Waals surface area contributed by atoms with Gasteiger partial charge >= 0.3 is 0 Å². The van der Waals surface area contributed by atoms with Gasteiger partial charge in [0.05, 0.1) is 18.0 Å². The van der Waals surface area contributed by atoms with E-state index in [0.717, 1.165) is 12.8 Å². The lowest BCUT2D eigenvalue weighted by molar-refractivity contribution is 0.100. The Morgan fingerprint density at radius 3 is 2.83 bits per heavy atom. The number of hydrogen-bond donors (Lipinski definition) is 2. The van der Waals surface area contributed by atoms with Crippen LogP contribution in [-0.4, -0.2) is 15.7 Å². The number of benzene rings is 1. The van der Waals surface area contributed by atoms with Crippen molar-refractivity contribution in [1.82, 2.24) is 9.78 Å². The number of rotatable bonds is 4. The molecule has 0 saturated heterocycles. The van der Waals surface area contributed by atoms with Crippen molar-refractivity contribution in [1.29, 1.82) is 5.26 Å². The van der Waals surface area contributed by atoms with Crippen LogP contribution in [0.1, 0.15) is 35.7 Å². The Morgan fingerprint density at radius 1 is 1.42 bits per heavy atom. The first kappa shape index (κ1) is 16.0. The van der Waals surface area contributed by atoms with Gasteiger partial charge < -0.3 is 11.1 Å². The number of carbonyl (C=O) groups excluding carboxylic acids is 1. The lowest BCUT2D eigenvalue weighted by Gasteiger charge is -2.26. The minimum absolute atomic E-state index is 0.0955. The van der Waals surface area contributed by atoms with Crippen LogP contribution < -0.4 is 11.1 Å². The molecule has 0 spiro atoms. The third-order valence-corrected chi connectivity index (χ3v) is 4.16. The van der Waals surface area contributed by atoms with Gasteiger partial charge in [0.1, 0.15) is 11.4 Å². The summed E-state index contributed by atoms with van der Waals surface area (Å²) in [5.74, 6) is -0.836. The van der Waals surface area contributed by atoms with E-state index in [0.29, 0.717) is 17.9 Å². The number of halogens is 1. The Balaban J connectivity index is 1.91. The summed E-state index contributed by atoms with van der Waals surface area (Å²) in [6.45, 7) is 0. The van der Waals surface area contributed by atoms with Gasteiger partial charge in [0, 0.05) is 11.9 Å². The lowest BCUT2D eigenvalue weighted by Crippen LogP contribution is -2.23. The average molecular weight is 326 g/mol. The molecule has 2 unspecified atom stereocenters. The Morgan fingerprint density at radius 2 is 2.17 bits per heavy atom. The number of nitrogens with one attached hydrogen (secondary N) is 1. The maximum atomic E-state index is 13.0. The number of nitriles is 1. The molecular formula is C17H17FN5O. The highest BCUT2D eigenvalue weighted by Gasteiger charge is 2.29. The fraction of sp³-hybridized carbons (Fsp3) is 0.294. The van der Waals surface area contributed by atoms with Crippen LogP contribution in [0.15, 0.2) is 30.5 Å². The Bertz CT molecular complexity index is 777. The first-order chi connectivity index (χ1) is 11.6. The molecule has 1 aliphatic rings. The zero-order chi connectivity index (χ0) is 17.1. The van der Waals surface area contributed by atoms with Gasteiger partial charge in [-0.25, -0.2) is 4.39 Å². The van der Waals surface area contributed by atoms with Gasteiger partial charge in [0.2, 0.25) is 0 Å². The molecule has 1 amide bonds. The molecular weight excluding hydrogens is 309 g/mol. The molecule has 1 fully saturated rings. The van der Waals surface area contributed by atoms with Crippen molar-refractivity contribution in [2.75, 3.05) is 5.32 Å². The van der Waals surface area contributed by atoms with Crippen LogP contribution in [0.4, 0.5) is 15.9 Å². The van der Waals surface area contributed by atoms with E-state index < -0.39 is 5.91 Å². The number of carbonyl (C=O) groups is 1. The molecule has 6 nitrogen and oxygen atoms in total. The molecule has 1 radical (unpaired) electrons. The van der Waals surface area contributed by atoms with Gasteiger partial charge in [0.15, 0.2) is 5.82 Å². The molecule has 3 rings (SSSR count). The van der Waals surface area contributed by atoms with Crippen LogP contribution in [0.2, 0.25) is 0 Å². The predicted octanol–water partition coefficient (Wildman–Crippen LogP) is 2.93. The van der Waals surface area contributed by atoms with Crippen LogP contribution in [0.25, 0.3) is 0 Å². The second-order valence-electron chi connectivity index (χ2n) is 5.77. The molecule has 2 atom stereocenters. The number of amides is 1. The smallest absolute Gasteiger partial charge is 0.254 e. The molecule has 1 aliphatic carbocycles. The maximum absolute atomic E-state index is 13.0. The van der Waals surface area contributed by atoms with Crippen molar-refractivity contribution in [2.24, 2.45) is 11.7 Å². The number of nitrogens with zero attached hydrogens (tertiary/aromatic N) is 3. The van der Waals surface area contributed by atoms with E-state index in [9.17, 15) is 14.4 Å². The third kappa shape index (κ3) is 3.23. The van der Waals surface area contributed by atoms with Gasteiger partial charge in [-0.15, -0.1) is 0 Å². The normalized spacial score (nSPS) is 20.3. The fourth-order valence-corrected chi connectivity index (χ4v) is 2.90. The summed E-state index contributed by atoms with van der Waals surface area (Å²) in [5, 5.41) is 16.7. The molecule has 1 heterocycles. The number of aromatic nitrogens is 2. The predicted molar refractivity (Wildman–Crippen MR) is 86.7 cm³/mol. The van der Waals surface area contributed by atoms with E-state index >= 15 is 0 Å². The highest BCUT2D eigenvalue weighted by Crippen LogP contribution is 2.34. The molecule has 123 valence electrons. The molecule has 24 heavy (non-hydrogen) atoms. The van der Waals surface area contributed by atoms with Crippen molar-refractivity contribution in [3.63, 3.8) is 0 Å². The average Bonchev–Trinajstić information content (AvgIpc) is 3.01. The van der Waals surface area contributed by atoms with Crippen molar-refractivity contribution < 1.29 is 9.18 Å². The van der Waals surface area contributed by atoms with E-state index in [1.54, 1.807) is 23.0 Å². The van der Waals surface area contributed by atoms with Crippen molar-refractivity contribution in [2.45, 2.75) is 25.3 Å². The topological polar surface area (TPSA) is 96.7 Å². The fourth-order valence-electron chi connectivity index (χ4n) is 2.90. The van der Waals surface area contributed by atoms with Crippen LogP contribution in [0.3, 0.4) is 0 Å². The standard InChI is InChI=1S/C17H17FN5O/c18-12-5-7-13(8-6-12)21-17-14(16(20)24)10-23(22-17)15-4-2-1-3-11(15)9-19/h1,5-8,10-11,15H,2-4H2,(H2,20,24)(H,21,22). The van der Waals surface area contributed by atoms with Gasteiger partial charge in [-0.05, 0) is 49.9 Å². The van der Waals surface area contributed by atoms with Gasteiger partial charge in [-0.1, -0.05) is 0 Å². The zero-order valence-electron chi connectivity index (χ0n) is 12.9. The lowest BCUT2D eigenvalue weighted by atomic mass is 9.85. The summed E-state index contributed by atoms with van der Waals surface area (Å²) in [6.07, 6.45) is 6.06. The first-order valence-electron chi connectivity index (χ1n) is 7.71. The van der Waals surface area contributed by atoms with E-state index in [2.05, 4.69) is 22.9 Å². The van der Waals surface area contributed by atoms with E-state index in [1.807, 2.05) is 0 Å². The van der Waals surface area contributed by atoms with Crippen LogP contribution >= 0.6 is 0 Å². The summed E-state index contributed by atoms with van der Waals surface area (Å²) in [5.41, 5.74) is 6.28. The van der Waals surface area contributed by atoms with Crippen LogP contribution in [0.5, 0.6) is 0 Å². The summed E-state index contributed by atoms with van der Waals surface area (Å²) in [7, 11) is 0. The number of nitrogens with two attached hydrogens (primary N) is 1. The van der Waals surface area contributed by atoms with Gasteiger partial charge in [0.25, 0.3) is 5.91 Å². The Hall–Kier alpha value is -2.88. The summed E-state index contributed by atoms with van der Waals surface area (Å²) in [6, 6.07) is 7.92. The van der Waals surface area contributed by atoms with Crippen molar-refractivity contribution >= 4 is 17.4 Å². The quantitative estimate of drug-likeness (QED) is 0.902. The molecule has 1 aromatic carbocycles. The second kappa shape index (κ2) is 6.71. The highest BCUT2D eigenvalue weighted by molar-refractivity contribution is 5.98. The Labute approximate surface area is 139 Å². The van der Waals surface area contributed by atoms with Gasteiger partial charge in [-0.3, -0.25) is 9.48 Å². The summed E-state index contributed by atoms with van der Waals surface area (Å²) >= 11 is 0. The number of hydrogen-bond acceptors (Lipinski definition) is 4. The largest absolute Gasteiger partial charge is 0.365 e. The molecule has 1 aromatic heterocycles. The van der Waals surface area contributed by atoms with Crippen LogP contribution in [-0.2, 0) is 0 Å². The molecule has 7 heteroatoms. The minimum atomic E-state index is -0.609. The van der Waals surface area contributed by atoms with E-state index in [4.69, 9.17) is 5.73 Å². The molecule has 2 aromatic rings. The molecule has 3 N–H and O–H groups in total. The number of primary amides is 1. The number of anilines is 2. The van der Waals surface area contributed by atoms with Gasteiger partial charge in [-0.2, -0.15) is 10.4 Å². The second-order valence-corrected chi connectivity index (χ2v) is 5.77. The van der Waals surface area contributed by atoms with Crippen molar-refractivity contribution in [3.05, 3.63) is 48.3 Å². The van der Waals surface area contributed by atoms with Crippen molar-refractivity contribution in [3.8, 4) is 6.07 Å². The van der Waals surface area contributed by atoms with Crippen LogP contribution in [0, 0.1) is 29.5 Å². The minimum Gasteiger partial charge on any atom is -0.365 e. The summed E-state index contributed by atoms with van der Waals surface area (Å²) in [4.78, 5) is 11.7. The third-order valence-electron chi connectivity index (χ3n) is 4.16. The monoisotopic (exact) mass is 326 g/mol. The van der Waals surface area contributed by atoms with E-state index in [1.165, 1.54) is 12.1 Å². The molecule has 0 bridgehead atoms. The highest BCUT2D eigenvalue weighted by atomic mass is 19.1.